The van der Waals surface area contributed by atoms with Crippen LogP contribution in [0.15, 0.2) is 54.6 Å². The first-order chi connectivity index (χ1) is 14.7. The predicted octanol–water partition coefficient (Wildman–Crippen LogP) is 4.34. The van der Waals surface area contributed by atoms with Gasteiger partial charge in [0.05, 0.1) is 6.10 Å². The highest BCUT2D eigenvalue weighted by molar-refractivity contribution is 5.94. The van der Waals surface area contributed by atoms with Crippen LogP contribution in [-0.4, -0.2) is 60.1 Å². The van der Waals surface area contributed by atoms with Crippen molar-refractivity contribution in [2.45, 2.75) is 43.7 Å². The Hall–Kier alpha value is -2.37. The number of amides is 1. The maximum Gasteiger partial charge on any atom is 0.253 e. The van der Waals surface area contributed by atoms with Crippen molar-refractivity contribution in [3.63, 3.8) is 0 Å². The molecule has 3 fully saturated rings. The lowest BCUT2D eigenvalue weighted by atomic mass is 9.77. The van der Waals surface area contributed by atoms with Crippen molar-refractivity contribution in [3.05, 3.63) is 60.2 Å². The number of benzene rings is 2. The van der Waals surface area contributed by atoms with E-state index in [1.165, 1.54) is 25.7 Å². The van der Waals surface area contributed by atoms with Crippen molar-refractivity contribution in [3.8, 4) is 11.5 Å². The smallest absolute Gasteiger partial charge is 0.253 e. The van der Waals surface area contributed by atoms with E-state index in [4.69, 9.17) is 9.47 Å². The Kier molecular flexibility index (Phi) is 5.48. The van der Waals surface area contributed by atoms with E-state index in [1.54, 1.807) is 0 Å². The normalized spacial score (nSPS) is 26.5. The molecular weight excluding hydrogens is 376 g/mol. The molecule has 0 unspecified atom stereocenters. The van der Waals surface area contributed by atoms with Crippen LogP contribution in [-0.2, 0) is 4.74 Å². The van der Waals surface area contributed by atoms with Crippen LogP contribution >= 0.6 is 0 Å². The lowest BCUT2D eigenvalue weighted by Crippen LogP contribution is -2.68. The molecule has 30 heavy (non-hydrogen) atoms. The molecule has 0 saturated carbocycles. The SMILES string of the molecule is O=C(c1ccc(Oc2ccccc2)cc1)N1CCC[C@@]2(CCN2C[C@H]2CCCO2)C1. The predicted molar refractivity (Wildman–Crippen MR) is 116 cm³/mol. The number of piperidine rings is 1. The van der Waals surface area contributed by atoms with Gasteiger partial charge >= 0.3 is 0 Å². The summed E-state index contributed by atoms with van der Waals surface area (Å²) >= 11 is 0. The second-order valence-electron chi connectivity index (χ2n) is 8.83. The Morgan fingerprint density at radius 1 is 1.00 bits per heavy atom. The summed E-state index contributed by atoms with van der Waals surface area (Å²) in [4.78, 5) is 17.8. The summed E-state index contributed by atoms with van der Waals surface area (Å²) in [6, 6.07) is 17.2. The van der Waals surface area contributed by atoms with Gasteiger partial charge in [0.2, 0.25) is 0 Å². The van der Waals surface area contributed by atoms with Crippen molar-refractivity contribution >= 4 is 5.91 Å². The molecule has 3 saturated heterocycles. The summed E-state index contributed by atoms with van der Waals surface area (Å²) in [7, 11) is 0. The van der Waals surface area contributed by atoms with Crippen LogP contribution in [0.4, 0.5) is 0 Å². The second kappa shape index (κ2) is 8.40. The average Bonchev–Trinajstić information content (AvgIpc) is 3.31. The van der Waals surface area contributed by atoms with Crippen molar-refractivity contribution < 1.29 is 14.3 Å². The topological polar surface area (TPSA) is 42.0 Å². The van der Waals surface area contributed by atoms with Crippen molar-refractivity contribution in [2.75, 3.05) is 32.8 Å². The number of rotatable bonds is 5. The van der Waals surface area contributed by atoms with E-state index in [1.807, 2.05) is 54.6 Å². The van der Waals surface area contributed by atoms with Crippen LogP contribution in [0.2, 0.25) is 0 Å². The fourth-order valence-electron chi connectivity index (χ4n) is 5.13. The van der Waals surface area contributed by atoms with Gasteiger partial charge in [0.15, 0.2) is 0 Å². The summed E-state index contributed by atoms with van der Waals surface area (Å²) in [6.07, 6.45) is 6.18. The number of nitrogens with zero attached hydrogens (tertiary/aromatic N) is 2. The summed E-state index contributed by atoms with van der Waals surface area (Å²) in [5, 5.41) is 0. The minimum atomic E-state index is 0.129. The molecule has 5 rings (SSSR count). The molecule has 0 aromatic heterocycles. The lowest BCUT2D eigenvalue weighted by molar-refractivity contribution is -0.0806. The molecule has 0 radical (unpaired) electrons. The minimum Gasteiger partial charge on any atom is -0.457 e. The molecule has 3 aliphatic rings. The lowest BCUT2D eigenvalue weighted by Gasteiger charge is -2.57. The fourth-order valence-corrected chi connectivity index (χ4v) is 5.13. The number of ether oxygens (including phenoxy) is 2. The number of likely N-dealkylation sites (tertiary alicyclic amines) is 2. The van der Waals surface area contributed by atoms with Crippen LogP contribution in [0.1, 0.15) is 42.5 Å². The molecule has 0 aliphatic carbocycles. The maximum absolute atomic E-state index is 13.2. The van der Waals surface area contributed by atoms with Gasteiger partial charge in [-0.05, 0) is 68.5 Å². The number of carbonyl (C=O) groups is 1. The molecule has 3 heterocycles. The molecule has 5 heteroatoms. The third-order valence-corrected chi connectivity index (χ3v) is 6.89. The van der Waals surface area contributed by atoms with Gasteiger partial charge in [-0.2, -0.15) is 0 Å². The van der Waals surface area contributed by atoms with Crippen LogP contribution in [0.25, 0.3) is 0 Å². The molecule has 0 N–H and O–H groups in total. The highest BCUT2D eigenvalue weighted by Gasteiger charge is 2.48. The van der Waals surface area contributed by atoms with Crippen LogP contribution in [0.5, 0.6) is 11.5 Å². The molecule has 0 bridgehead atoms. The number of hydrogen-bond acceptors (Lipinski definition) is 4. The highest BCUT2D eigenvalue weighted by Crippen LogP contribution is 2.39. The Morgan fingerprint density at radius 2 is 1.80 bits per heavy atom. The molecule has 158 valence electrons. The van der Waals surface area contributed by atoms with Gasteiger partial charge in [0, 0.05) is 43.9 Å². The second-order valence-corrected chi connectivity index (χ2v) is 8.83. The zero-order valence-electron chi connectivity index (χ0n) is 17.5. The van der Waals surface area contributed by atoms with Crippen LogP contribution in [0.3, 0.4) is 0 Å². The third-order valence-electron chi connectivity index (χ3n) is 6.89. The first kappa shape index (κ1) is 19.6. The first-order valence-electron chi connectivity index (χ1n) is 11.2. The van der Waals surface area contributed by atoms with Crippen LogP contribution < -0.4 is 4.74 Å². The van der Waals surface area contributed by atoms with E-state index < -0.39 is 0 Å². The zero-order valence-corrected chi connectivity index (χ0v) is 17.5. The summed E-state index contributed by atoms with van der Waals surface area (Å²) in [5.74, 6) is 1.67. The standard InChI is InChI=1S/C25H30N2O3/c28-24(20-9-11-22(12-10-20)30-21-6-2-1-3-7-21)26-15-5-13-25(19-26)14-16-27(25)18-23-8-4-17-29-23/h1-3,6-7,9-12,23H,4-5,8,13-19H2/t23-,25-/m1/s1. The Balaban J connectivity index is 1.22. The van der Waals surface area contributed by atoms with Crippen molar-refractivity contribution in [2.24, 2.45) is 0 Å². The molecule has 2 atom stereocenters. The van der Waals surface area contributed by atoms with Gasteiger partial charge < -0.3 is 14.4 Å². The minimum absolute atomic E-state index is 0.129. The van der Waals surface area contributed by atoms with Gasteiger partial charge in [-0.1, -0.05) is 18.2 Å². The van der Waals surface area contributed by atoms with Gasteiger partial charge in [-0.15, -0.1) is 0 Å². The molecule has 2 aromatic rings. The van der Waals surface area contributed by atoms with E-state index >= 15 is 0 Å². The van der Waals surface area contributed by atoms with Gasteiger partial charge in [-0.3, -0.25) is 9.69 Å². The van der Waals surface area contributed by atoms with E-state index in [0.29, 0.717) is 6.10 Å². The molecular formula is C25H30N2O3. The van der Waals surface area contributed by atoms with E-state index in [2.05, 4.69) is 9.80 Å². The van der Waals surface area contributed by atoms with Gasteiger partial charge in [-0.25, -0.2) is 0 Å². The quantitative estimate of drug-likeness (QED) is 0.741. The summed E-state index contributed by atoms with van der Waals surface area (Å²) < 4.78 is 11.7. The van der Waals surface area contributed by atoms with E-state index in [0.717, 1.165) is 56.3 Å². The third kappa shape index (κ3) is 3.96. The fraction of sp³-hybridized carbons (Fsp3) is 0.480. The maximum atomic E-state index is 13.2. The Bertz CT molecular complexity index is 864. The monoisotopic (exact) mass is 406 g/mol. The number of carbonyl (C=O) groups excluding carboxylic acids is 1. The molecule has 2 aromatic carbocycles. The number of hydrogen-bond donors (Lipinski definition) is 0. The average molecular weight is 407 g/mol. The Morgan fingerprint density at radius 3 is 2.50 bits per heavy atom. The summed E-state index contributed by atoms with van der Waals surface area (Å²) in [6.45, 7) is 4.73. The summed E-state index contributed by atoms with van der Waals surface area (Å²) in [5.41, 5.74) is 0.897. The largest absolute Gasteiger partial charge is 0.457 e. The van der Waals surface area contributed by atoms with Crippen LogP contribution in [0, 0.1) is 0 Å². The number of para-hydroxylation sites is 1. The van der Waals surface area contributed by atoms with E-state index in [-0.39, 0.29) is 11.4 Å². The zero-order chi connectivity index (χ0) is 20.4. The van der Waals surface area contributed by atoms with Gasteiger partial charge in [0.25, 0.3) is 5.91 Å². The first-order valence-corrected chi connectivity index (χ1v) is 11.2. The highest BCUT2D eigenvalue weighted by atomic mass is 16.5. The molecule has 1 spiro atoms. The van der Waals surface area contributed by atoms with Crippen molar-refractivity contribution in [1.29, 1.82) is 0 Å². The van der Waals surface area contributed by atoms with Gasteiger partial charge in [0.1, 0.15) is 11.5 Å². The Labute approximate surface area is 178 Å². The molecule has 1 amide bonds. The van der Waals surface area contributed by atoms with Crippen molar-refractivity contribution in [1.82, 2.24) is 9.80 Å². The molecule has 3 aliphatic heterocycles. The molecule has 5 nitrogen and oxygen atoms in total. The van der Waals surface area contributed by atoms with E-state index in [9.17, 15) is 4.79 Å².